The molecule has 102 valence electrons. The van der Waals surface area contributed by atoms with E-state index >= 15 is 0 Å². The summed E-state index contributed by atoms with van der Waals surface area (Å²) >= 11 is 0. The SMILES string of the molecule is CCCOc1ccccc1C(N)CCC(C)OC. The van der Waals surface area contributed by atoms with Gasteiger partial charge in [0, 0.05) is 18.7 Å². The Kier molecular flexibility index (Phi) is 6.76. The summed E-state index contributed by atoms with van der Waals surface area (Å²) in [7, 11) is 1.73. The molecule has 0 aliphatic carbocycles. The van der Waals surface area contributed by atoms with E-state index in [4.69, 9.17) is 15.2 Å². The third-order valence-corrected chi connectivity index (χ3v) is 3.07. The molecule has 3 heteroatoms. The third-order valence-electron chi connectivity index (χ3n) is 3.07. The first kappa shape index (κ1) is 15.0. The Morgan fingerprint density at radius 3 is 2.61 bits per heavy atom. The van der Waals surface area contributed by atoms with E-state index in [1.807, 2.05) is 24.3 Å². The van der Waals surface area contributed by atoms with E-state index in [-0.39, 0.29) is 12.1 Å². The summed E-state index contributed by atoms with van der Waals surface area (Å²) in [6.07, 6.45) is 3.12. The van der Waals surface area contributed by atoms with E-state index < -0.39 is 0 Å². The van der Waals surface area contributed by atoms with Gasteiger partial charge in [-0.05, 0) is 32.3 Å². The molecule has 18 heavy (non-hydrogen) atoms. The standard InChI is InChI=1S/C15H25NO2/c1-4-11-18-15-8-6-5-7-13(15)14(16)10-9-12(2)17-3/h5-8,12,14H,4,9-11,16H2,1-3H3. The van der Waals surface area contributed by atoms with Crippen molar-refractivity contribution in [2.75, 3.05) is 13.7 Å². The number of ether oxygens (including phenoxy) is 2. The third kappa shape index (κ3) is 4.67. The molecule has 1 aromatic rings. The zero-order valence-electron chi connectivity index (χ0n) is 11.7. The van der Waals surface area contributed by atoms with E-state index in [0.717, 1.165) is 37.2 Å². The molecule has 0 saturated carbocycles. The first-order valence-electron chi connectivity index (χ1n) is 6.69. The van der Waals surface area contributed by atoms with Crippen molar-refractivity contribution >= 4 is 0 Å². The lowest BCUT2D eigenvalue weighted by Gasteiger charge is -2.18. The highest BCUT2D eigenvalue weighted by Gasteiger charge is 2.13. The molecule has 3 nitrogen and oxygen atoms in total. The fourth-order valence-electron chi connectivity index (χ4n) is 1.82. The monoisotopic (exact) mass is 251 g/mol. The van der Waals surface area contributed by atoms with Crippen LogP contribution in [0.15, 0.2) is 24.3 Å². The molecule has 0 aliphatic heterocycles. The molecule has 0 heterocycles. The predicted molar refractivity (Wildman–Crippen MR) is 74.9 cm³/mol. The number of hydrogen-bond acceptors (Lipinski definition) is 3. The molecule has 0 amide bonds. The molecule has 2 N–H and O–H groups in total. The molecular formula is C15H25NO2. The zero-order chi connectivity index (χ0) is 13.4. The minimum Gasteiger partial charge on any atom is -0.493 e. The Balaban J connectivity index is 2.63. The van der Waals surface area contributed by atoms with Gasteiger partial charge in [-0.1, -0.05) is 25.1 Å². The maximum Gasteiger partial charge on any atom is 0.124 e. The highest BCUT2D eigenvalue weighted by Crippen LogP contribution is 2.27. The summed E-state index contributed by atoms with van der Waals surface area (Å²) < 4.78 is 11.0. The van der Waals surface area contributed by atoms with E-state index in [1.54, 1.807) is 7.11 Å². The Morgan fingerprint density at radius 2 is 1.94 bits per heavy atom. The fourth-order valence-corrected chi connectivity index (χ4v) is 1.82. The van der Waals surface area contributed by atoms with Crippen molar-refractivity contribution in [3.05, 3.63) is 29.8 Å². The van der Waals surface area contributed by atoms with Crippen LogP contribution in [0.3, 0.4) is 0 Å². The van der Waals surface area contributed by atoms with Gasteiger partial charge in [0.05, 0.1) is 12.7 Å². The first-order valence-corrected chi connectivity index (χ1v) is 6.69. The lowest BCUT2D eigenvalue weighted by Crippen LogP contribution is -2.15. The summed E-state index contributed by atoms with van der Waals surface area (Å²) in [4.78, 5) is 0. The first-order chi connectivity index (χ1) is 8.69. The Labute approximate surface area is 110 Å². The second kappa shape index (κ2) is 8.11. The molecule has 1 rings (SSSR count). The van der Waals surface area contributed by atoms with Gasteiger partial charge in [0.1, 0.15) is 5.75 Å². The average Bonchev–Trinajstić information content (AvgIpc) is 2.42. The van der Waals surface area contributed by atoms with Crippen LogP contribution in [-0.4, -0.2) is 19.8 Å². The summed E-state index contributed by atoms with van der Waals surface area (Å²) in [5.74, 6) is 0.914. The molecule has 0 aliphatic rings. The van der Waals surface area contributed by atoms with Gasteiger partial charge in [-0.2, -0.15) is 0 Å². The second-order valence-electron chi connectivity index (χ2n) is 4.62. The molecule has 0 saturated heterocycles. The smallest absolute Gasteiger partial charge is 0.124 e. The van der Waals surface area contributed by atoms with Gasteiger partial charge in [0.2, 0.25) is 0 Å². The molecule has 0 radical (unpaired) electrons. The molecule has 0 spiro atoms. The van der Waals surface area contributed by atoms with Gasteiger partial charge in [-0.25, -0.2) is 0 Å². The highest BCUT2D eigenvalue weighted by molar-refractivity contribution is 5.35. The quantitative estimate of drug-likeness (QED) is 0.771. The predicted octanol–water partition coefficient (Wildman–Crippen LogP) is 3.29. The summed E-state index contributed by atoms with van der Waals surface area (Å²) in [6, 6.07) is 8.04. The molecule has 2 unspecified atom stereocenters. The largest absolute Gasteiger partial charge is 0.493 e. The van der Waals surface area contributed by atoms with Crippen molar-refractivity contribution < 1.29 is 9.47 Å². The van der Waals surface area contributed by atoms with Gasteiger partial charge in [-0.3, -0.25) is 0 Å². The van der Waals surface area contributed by atoms with Crippen molar-refractivity contribution in [2.45, 2.75) is 45.3 Å². The van der Waals surface area contributed by atoms with Crippen LogP contribution in [0.2, 0.25) is 0 Å². The van der Waals surface area contributed by atoms with Gasteiger partial charge in [-0.15, -0.1) is 0 Å². The summed E-state index contributed by atoms with van der Waals surface area (Å²) in [5.41, 5.74) is 7.33. The van der Waals surface area contributed by atoms with Crippen LogP contribution in [-0.2, 0) is 4.74 Å². The number of hydrogen-bond donors (Lipinski definition) is 1. The number of nitrogens with two attached hydrogens (primary N) is 1. The van der Waals surface area contributed by atoms with E-state index in [9.17, 15) is 0 Å². The Morgan fingerprint density at radius 1 is 1.22 bits per heavy atom. The minimum absolute atomic E-state index is 0.00987. The van der Waals surface area contributed by atoms with Crippen LogP contribution >= 0.6 is 0 Å². The molecule has 0 aromatic heterocycles. The van der Waals surface area contributed by atoms with Crippen LogP contribution < -0.4 is 10.5 Å². The van der Waals surface area contributed by atoms with E-state index in [0.29, 0.717) is 0 Å². The Bertz CT molecular complexity index is 341. The van der Waals surface area contributed by atoms with Crippen molar-refractivity contribution in [1.82, 2.24) is 0 Å². The van der Waals surface area contributed by atoms with Gasteiger partial charge in [0.25, 0.3) is 0 Å². The van der Waals surface area contributed by atoms with Crippen LogP contribution in [0.5, 0.6) is 5.75 Å². The second-order valence-corrected chi connectivity index (χ2v) is 4.62. The van der Waals surface area contributed by atoms with Gasteiger partial charge >= 0.3 is 0 Å². The molecule has 2 atom stereocenters. The van der Waals surface area contributed by atoms with E-state index in [2.05, 4.69) is 13.8 Å². The zero-order valence-corrected chi connectivity index (χ0v) is 11.7. The Hall–Kier alpha value is -1.06. The molecule has 1 aromatic carbocycles. The summed E-state index contributed by atoms with van der Waals surface area (Å²) in [6.45, 7) is 4.90. The minimum atomic E-state index is 0.00987. The van der Waals surface area contributed by atoms with Crippen molar-refractivity contribution in [2.24, 2.45) is 5.73 Å². The lowest BCUT2D eigenvalue weighted by molar-refractivity contribution is 0.107. The maximum atomic E-state index is 6.23. The topological polar surface area (TPSA) is 44.5 Å². The fraction of sp³-hybridized carbons (Fsp3) is 0.600. The normalized spacial score (nSPS) is 14.2. The number of benzene rings is 1. The van der Waals surface area contributed by atoms with E-state index in [1.165, 1.54) is 0 Å². The van der Waals surface area contributed by atoms with Gasteiger partial charge < -0.3 is 15.2 Å². The highest BCUT2D eigenvalue weighted by atomic mass is 16.5. The number of rotatable bonds is 8. The maximum absolute atomic E-state index is 6.23. The molecule has 0 fully saturated rings. The van der Waals surface area contributed by atoms with Crippen LogP contribution in [0.1, 0.15) is 44.7 Å². The van der Waals surface area contributed by atoms with Crippen LogP contribution in [0, 0.1) is 0 Å². The van der Waals surface area contributed by atoms with Crippen molar-refractivity contribution in [3.8, 4) is 5.75 Å². The van der Waals surface area contributed by atoms with Crippen molar-refractivity contribution in [3.63, 3.8) is 0 Å². The molecule has 0 bridgehead atoms. The van der Waals surface area contributed by atoms with Crippen LogP contribution in [0.25, 0.3) is 0 Å². The van der Waals surface area contributed by atoms with Crippen molar-refractivity contribution in [1.29, 1.82) is 0 Å². The van der Waals surface area contributed by atoms with Gasteiger partial charge in [0.15, 0.2) is 0 Å². The molecular weight excluding hydrogens is 226 g/mol. The summed E-state index contributed by atoms with van der Waals surface area (Å²) in [5, 5.41) is 0. The lowest BCUT2D eigenvalue weighted by atomic mass is 10.0. The van der Waals surface area contributed by atoms with Crippen LogP contribution in [0.4, 0.5) is 0 Å². The number of para-hydroxylation sites is 1. The average molecular weight is 251 g/mol. The number of methoxy groups -OCH3 is 1.